The zero-order valence-electron chi connectivity index (χ0n) is 24.4. The normalized spacial score (nSPS) is 14.4. The topological polar surface area (TPSA) is 142 Å². The number of ether oxygens (including phenoxy) is 2. The number of methoxy groups -OCH3 is 1. The first-order valence-corrected chi connectivity index (χ1v) is 14.4. The van der Waals surface area contributed by atoms with Crippen LogP contribution in [0.3, 0.4) is 0 Å². The third-order valence-electron chi connectivity index (χ3n) is 7.80. The maximum Gasteiger partial charge on any atom is 0.252 e. The first-order valence-electron chi connectivity index (χ1n) is 14.4. The van der Waals surface area contributed by atoms with Crippen molar-refractivity contribution in [3.8, 4) is 17.3 Å². The summed E-state index contributed by atoms with van der Waals surface area (Å²) in [5.74, 6) is 0.830. The molecule has 45 heavy (non-hydrogen) atoms. The van der Waals surface area contributed by atoms with Gasteiger partial charge >= 0.3 is 0 Å². The Hall–Kier alpha value is -5.50. The number of halogens is 1. The molecule has 13 nitrogen and oxygen atoms in total. The number of amides is 1. The summed E-state index contributed by atoms with van der Waals surface area (Å²) in [6.07, 6.45) is 3.16. The Bertz CT molecular complexity index is 1950. The molecule has 14 heteroatoms. The molecule has 5 heterocycles. The summed E-state index contributed by atoms with van der Waals surface area (Å²) in [6, 6.07) is 16.9. The summed E-state index contributed by atoms with van der Waals surface area (Å²) >= 11 is 0. The minimum absolute atomic E-state index is 0.0922. The summed E-state index contributed by atoms with van der Waals surface area (Å²) < 4.78 is 34.0. The largest absolute Gasteiger partial charge is 0.491 e. The van der Waals surface area contributed by atoms with Gasteiger partial charge in [0.05, 0.1) is 30.1 Å². The number of piperazine rings is 1. The van der Waals surface area contributed by atoms with Crippen LogP contribution >= 0.6 is 0 Å². The Morgan fingerprint density at radius 1 is 1.02 bits per heavy atom. The van der Waals surface area contributed by atoms with Crippen LogP contribution in [-0.2, 0) is 9.53 Å². The van der Waals surface area contributed by atoms with Gasteiger partial charge in [0.1, 0.15) is 18.2 Å². The number of nitrogen functional groups attached to an aromatic ring is 1. The van der Waals surface area contributed by atoms with Crippen LogP contribution in [0.1, 0.15) is 11.6 Å². The third-order valence-corrected chi connectivity index (χ3v) is 7.80. The van der Waals surface area contributed by atoms with Crippen molar-refractivity contribution in [2.24, 2.45) is 0 Å². The highest BCUT2D eigenvalue weighted by molar-refractivity contribution is 5.92. The van der Waals surface area contributed by atoms with Gasteiger partial charge in [-0.2, -0.15) is 14.6 Å². The molecule has 0 saturated carbocycles. The first kappa shape index (κ1) is 28.3. The monoisotopic (exact) mass is 611 g/mol. The fourth-order valence-electron chi connectivity index (χ4n) is 5.57. The van der Waals surface area contributed by atoms with E-state index in [0.29, 0.717) is 79.1 Å². The molecule has 0 unspecified atom stereocenters. The number of nitrogens with two attached hydrogens (primary N) is 1. The smallest absolute Gasteiger partial charge is 0.252 e. The fourth-order valence-corrected chi connectivity index (χ4v) is 5.57. The second-order valence-electron chi connectivity index (χ2n) is 10.5. The van der Waals surface area contributed by atoms with Crippen molar-refractivity contribution in [2.75, 3.05) is 57.1 Å². The molecule has 2 N–H and O–H groups in total. The number of benzene rings is 2. The average Bonchev–Trinajstić information content (AvgIpc) is 3.83. The van der Waals surface area contributed by atoms with Gasteiger partial charge in [-0.05, 0) is 29.8 Å². The maximum absolute atomic E-state index is 15.0. The lowest BCUT2D eigenvalue weighted by Crippen LogP contribution is -2.51. The van der Waals surface area contributed by atoms with E-state index in [2.05, 4.69) is 20.2 Å². The number of carbonyl (C=O) groups is 1. The van der Waals surface area contributed by atoms with E-state index < -0.39 is 6.04 Å². The Morgan fingerprint density at radius 3 is 2.58 bits per heavy atom. The number of anilines is 2. The molecule has 1 aliphatic heterocycles. The Labute approximate surface area is 256 Å². The van der Waals surface area contributed by atoms with Crippen LogP contribution < -0.4 is 15.4 Å². The van der Waals surface area contributed by atoms with Gasteiger partial charge in [0.25, 0.3) is 5.91 Å². The van der Waals surface area contributed by atoms with Crippen LogP contribution in [0, 0.1) is 5.82 Å². The molecule has 2 aromatic carbocycles. The van der Waals surface area contributed by atoms with E-state index in [9.17, 15) is 4.79 Å². The first-order chi connectivity index (χ1) is 22.0. The number of fused-ring (bicyclic) bond motifs is 3. The second-order valence-corrected chi connectivity index (χ2v) is 10.5. The van der Waals surface area contributed by atoms with E-state index >= 15 is 4.39 Å². The molecule has 1 saturated heterocycles. The molecule has 0 radical (unpaired) electrons. The van der Waals surface area contributed by atoms with Crippen molar-refractivity contribution in [3.63, 3.8) is 0 Å². The van der Waals surface area contributed by atoms with Crippen molar-refractivity contribution < 1.29 is 23.1 Å². The summed E-state index contributed by atoms with van der Waals surface area (Å²) in [4.78, 5) is 27.2. The van der Waals surface area contributed by atoms with Crippen molar-refractivity contribution in [1.29, 1.82) is 0 Å². The third kappa shape index (κ3) is 5.29. The molecule has 1 atom stereocenters. The lowest BCUT2D eigenvalue weighted by Gasteiger charge is -2.37. The fraction of sp³-hybridized carbons (Fsp3) is 0.258. The van der Waals surface area contributed by atoms with Crippen molar-refractivity contribution >= 4 is 34.2 Å². The zero-order chi connectivity index (χ0) is 30.9. The molecular weight excluding hydrogens is 581 g/mol. The predicted molar refractivity (Wildman–Crippen MR) is 163 cm³/mol. The number of carbonyl (C=O) groups excluding carboxylic acids is 1. The standard InChI is InChI=1S/C31H30FN9O4/c1-43-16-17-44-21-9-10-24(23(32)18-21)38-11-13-39(14-12-38)30(42)26(20-6-3-2-4-7-20)40-29-22(19-34-40)28-35-27(25-8-5-15-45-25)37-41(28)31(33)36-29/h2-10,15,18-19,26H,11-14,16-17H2,1H3,(H2,33,36)/t26-/m0/s1. The minimum atomic E-state index is -0.822. The molecule has 0 bridgehead atoms. The zero-order valence-corrected chi connectivity index (χ0v) is 24.4. The lowest BCUT2D eigenvalue weighted by molar-refractivity contribution is -0.134. The number of aromatic nitrogens is 6. The predicted octanol–water partition coefficient (Wildman–Crippen LogP) is 3.42. The molecule has 0 aliphatic carbocycles. The highest BCUT2D eigenvalue weighted by Gasteiger charge is 2.33. The Balaban J connectivity index is 1.16. The van der Waals surface area contributed by atoms with Crippen LogP contribution in [0.5, 0.6) is 5.75 Å². The summed E-state index contributed by atoms with van der Waals surface area (Å²) in [7, 11) is 1.58. The van der Waals surface area contributed by atoms with E-state index in [1.807, 2.05) is 35.2 Å². The van der Waals surface area contributed by atoms with Gasteiger partial charge in [-0.3, -0.25) is 4.79 Å². The van der Waals surface area contributed by atoms with E-state index in [0.717, 1.165) is 5.56 Å². The van der Waals surface area contributed by atoms with Gasteiger partial charge in [0, 0.05) is 39.4 Å². The van der Waals surface area contributed by atoms with Gasteiger partial charge < -0.3 is 29.4 Å². The molecule has 230 valence electrons. The lowest BCUT2D eigenvalue weighted by atomic mass is 10.0. The summed E-state index contributed by atoms with van der Waals surface area (Å²) in [6.45, 7) is 2.44. The molecular formula is C31H30FN9O4. The quantitative estimate of drug-likeness (QED) is 0.242. The molecule has 1 fully saturated rings. The van der Waals surface area contributed by atoms with Crippen LogP contribution in [0.4, 0.5) is 16.0 Å². The van der Waals surface area contributed by atoms with Gasteiger partial charge in [-0.25, -0.2) is 14.1 Å². The highest BCUT2D eigenvalue weighted by Crippen LogP contribution is 2.30. The van der Waals surface area contributed by atoms with Crippen LogP contribution in [0.25, 0.3) is 28.3 Å². The number of nitrogens with zero attached hydrogens (tertiary/aromatic N) is 8. The Kier molecular flexibility index (Phi) is 7.47. The molecule has 1 aliphatic rings. The van der Waals surface area contributed by atoms with Gasteiger partial charge in [0.2, 0.25) is 11.8 Å². The maximum atomic E-state index is 15.0. The number of hydrogen-bond acceptors (Lipinski definition) is 10. The van der Waals surface area contributed by atoms with Gasteiger partial charge in [0.15, 0.2) is 23.1 Å². The number of furan rings is 1. The van der Waals surface area contributed by atoms with Crippen molar-refractivity contribution in [3.05, 3.63) is 84.5 Å². The number of rotatable bonds is 9. The van der Waals surface area contributed by atoms with Crippen molar-refractivity contribution in [1.82, 2.24) is 34.3 Å². The molecule has 0 spiro atoms. The molecule has 1 amide bonds. The van der Waals surface area contributed by atoms with Crippen LogP contribution in [-0.4, -0.2) is 86.7 Å². The van der Waals surface area contributed by atoms with Crippen LogP contribution in [0.2, 0.25) is 0 Å². The van der Waals surface area contributed by atoms with E-state index in [-0.39, 0.29) is 17.7 Å². The second kappa shape index (κ2) is 11.9. The Morgan fingerprint density at radius 2 is 1.84 bits per heavy atom. The summed E-state index contributed by atoms with van der Waals surface area (Å²) in [5, 5.41) is 9.66. The SMILES string of the molecule is COCCOc1ccc(N2CCN(C(=O)[C@H](c3ccccc3)n3ncc4c3nc(N)n3nc(-c5ccco5)nc43)CC2)c(F)c1. The highest BCUT2D eigenvalue weighted by atomic mass is 19.1. The van der Waals surface area contributed by atoms with Crippen molar-refractivity contribution in [2.45, 2.75) is 6.04 Å². The average molecular weight is 612 g/mol. The molecule has 7 rings (SSSR count). The van der Waals surface area contributed by atoms with Gasteiger partial charge in [-0.1, -0.05) is 30.3 Å². The van der Waals surface area contributed by atoms with Crippen LogP contribution in [0.15, 0.2) is 77.5 Å². The van der Waals surface area contributed by atoms with E-state index in [1.165, 1.54) is 10.6 Å². The number of hydrogen-bond donors (Lipinski definition) is 1. The minimum Gasteiger partial charge on any atom is -0.491 e. The molecule has 4 aromatic heterocycles. The van der Waals surface area contributed by atoms with E-state index in [1.54, 1.807) is 53.4 Å². The van der Waals surface area contributed by atoms with Gasteiger partial charge in [-0.15, -0.1) is 5.10 Å². The summed E-state index contributed by atoms with van der Waals surface area (Å²) in [5.41, 5.74) is 8.37. The molecule has 6 aromatic rings. The van der Waals surface area contributed by atoms with E-state index in [4.69, 9.17) is 19.6 Å².